The molecule has 1 aromatic rings. The molecule has 0 aliphatic carbocycles. The molecule has 1 nitrogen and oxygen atoms in total. The minimum Gasteiger partial charge on any atom is -0.494 e. The Hall–Kier alpha value is -0.690. The monoisotopic (exact) mass is 198 g/mol. The molecular formula is C11H15ClO. The minimum absolute atomic E-state index is 0.687. The van der Waals surface area contributed by atoms with E-state index >= 15 is 0 Å². The highest BCUT2D eigenvalue weighted by molar-refractivity contribution is 6.30. The average Bonchev–Trinajstić information content (AvgIpc) is 2.08. The van der Waals surface area contributed by atoms with Gasteiger partial charge in [0.1, 0.15) is 5.75 Å². The van der Waals surface area contributed by atoms with Gasteiger partial charge >= 0.3 is 0 Å². The molecule has 13 heavy (non-hydrogen) atoms. The van der Waals surface area contributed by atoms with Crippen molar-refractivity contribution in [3.8, 4) is 5.75 Å². The summed E-state index contributed by atoms with van der Waals surface area (Å²) in [7, 11) is 0. The van der Waals surface area contributed by atoms with E-state index in [1.54, 1.807) is 0 Å². The second-order valence-corrected chi connectivity index (χ2v) is 3.92. The molecule has 0 saturated heterocycles. The molecular weight excluding hydrogens is 184 g/mol. The summed E-state index contributed by atoms with van der Waals surface area (Å²) in [5, 5.41) is 0.746. The normalized spacial score (nSPS) is 10.5. The fourth-order valence-corrected chi connectivity index (χ4v) is 1.07. The molecule has 0 aromatic heterocycles. The van der Waals surface area contributed by atoms with Gasteiger partial charge in [-0.3, -0.25) is 0 Å². The Morgan fingerprint density at radius 1 is 1.23 bits per heavy atom. The summed E-state index contributed by atoms with van der Waals surface area (Å²) in [5.74, 6) is 1.58. The van der Waals surface area contributed by atoms with Crippen molar-refractivity contribution in [2.24, 2.45) is 5.92 Å². The van der Waals surface area contributed by atoms with Crippen molar-refractivity contribution < 1.29 is 4.74 Å². The van der Waals surface area contributed by atoms with E-state index in [1.165, 1.54) is 0 Å². The Kier molecular flexibility index (Phi) is 4.10. The van der Waals surface area contributed by atoms with E-state index in [9.17, 15) is 0 Å². The molecule has 0 saturated carbocycles. The lowest BCUT2D eigenvalue weighted by atomic mass is 10.1. The Morgan fingerprint density at radius 2 is 1.85 bits per heavy atom. The largest absolute Gasteiger partial charge is 0.494 e. The Bertz CT molecular complexity index is 241. The van der Waals surface area contributed by atoms with Crippen LogP contribution in [0.1, 0.15) is 20.3 Å². The van der Waals surface area contributed by atoms with E-state index in [4.69, 9.17) is 16.3 Å². The second kappa shape index (κ2) is 5.13. The highest BCUT2D eigenvalue weighted by atomic mass is 35.5. The van der Waals surface area contributed by atoms with Gasteiger partial charge in [-0.25, -0.2) is 0 Å². The smallest absolute Gasteiger partial charge is 0.119 e. The minimum atomic E-state index is 0.687. The molecule has 0 heterocycles. The van der Waals surface area contributed by atoms with Gasteiger partial charge in [0, 0.05) is 5.02 Å². The van der Waals surface area contributed by atoms with Crippen molar-refractivity contribution >= 4 is 11.6 Å². The van der Waals surface area contributed by atoms with E-state index in [0.29, 0.717) is 5.92 Å². The van der Waals surface area contributed by atoms with E-state index in [2.05, 4.69) is 13.8 Å². The molecule has 0 bridgehead atoms. The standard InChI is InChI=1S/C11H15ClO/c1-9(2)7-8-13-11-5-3-10(12)4-6-11/h3-6,9H,7-8H2,1-2H3. The molecule has 0 aliphatic rings. The molecule has 0 N–H and O–H groups in total. The number of ether oxygens (including phenoxy) is 1. The van der Waals surface area contributed by atoms with Gasteiger partial charge in [0.15, 0.2) is 0 Å². The lowest BCUT2D eigenvalue weighted by Crippen LogP contribution is -2.00. The van der Waals surface area contributed by atoms with Crippen molar-refractivity contribution in [2.45, 2.75) is 20.3 Å². The first kappa shape index (κ1) is 10.4. The first-order chi connectivity index (χ1) is 6.18. The van der Waals surface area contributed by atoms with Crippen molar-refractivity contribution in [1.29, 1.82) is 0 Å². The van der Waals surface area contributed by atoms with Crippen molar-refractivity contribution in [3.63, 3.8) is 0 Å². The third-order valence-corrected chi connectivity index (χ3v) is 2.03. The third kappa shape index (κ3) is 4.18. The van der Waals surface area contributed by atoms with Gasteiger partial charge in [-0.2, -0.15) is 0 Å². The first-order valence-electron chi connectivity index (χ1n) is 4.57. The van der Waals surface area contributed by atoms with Gasteiger partial charge in [-0.15, -0.1) is 0 Å². The lowest BCUT2D eigenvalue weighted by molar-refractivity contribution is 0.289. The van der Waals surface area contributed by atoms with Gasteiger partial charge in [-0.1, -0.05) is 25.4 Å². The van der Waals surface area contributed by atoms with Crippen LogP contribution in [0.5, 0.6) is 5.75 Å². The summed E-state index contributed by atoms with van der Waals surface area (Å²) >= 11 is 5.74. The summed E-state index contributed by atoms with van der Waals surface area (Å²) in [4.78, 5) is 0. The van der Waals surface area contributed by atoms with E-state index in [0.717, 1.165) is 23.8 Å². The molecule has 1 aromatic carbocycles. The molecule has 1 rings (SSSR count). The van der Waals surface area contributed by atoms with Crippen LogP contribution in [0.15, 0.2) is 24.3 Å². The number of halogens is 1. The van der Waals surface area contributed by atoms with E-state index < -0.39 is 0 Å². The van der Waals surface area contributed by atoms with Crippen molar-refractivity contribution in [3.05, 3.63) is 29.3 Å². The molecule has 2 heteroatoms. The zero-order valence-electron chi connectivity index (χ0n) is 8.09. The lowest BCUT2D eigenvalue weighted by Gasteiger charge is -2.07. The summed E-state index contributed by atoms with van der Waals surface area (Å²) < 4.78 is 5.51. The van der Waals surface area contributed by atoms with Crippen LogP contribution >= 0.6 is 11.6 Å². The van der Waals surface area contributed by atoms with Crippen LogP contribution in [0.2, 0.25) is 5.02 Å². The van der Waals surface area contributed by atoms with Crippen molar-refractivity contribution in [1.82, 2.24) is 0 Å². The maximum Gasteiger partial charge on any atom is 0.119 e. The van der Waals surface area contributed by atoms with Gasteiger partial charge in [-0.05, 0) is 36.6 Å². The topological polar surface area (TPSA) is 9.23 Å². The maximum atomic E-state index is 5.74. The first-order valence-corrected chi connectivity index (χ1v) is 4.94. The van der Waals surface area contributed by atoms with Crippen LogP contribution in [0.3, 0.4) is 0 Å². The molecule has 0 radical (unpaired) electrons. The summed E-state index contributed by atoms with van der Waals surface area (Å²) in [6, 6.07) is 7.46. The number of rotatable bonds is 4. The Labute approximate surface area is 84.7 Å². The molecule has 72 valence electrons. The van der Waals surface area contributed by atoms with Crippen LogP contribution in [-0.4, -0.2) is 6.61 Å². The van der Waals surface area contributed by atoms with E-state index in [1.807, 2.05) is 24.3 Å². The highest BCUT2D eigenvalue weighted by Gasteiger charge is 1.96. The van der Waals surface area contributed by atoms with Crippen molar-refractivity contribution in [2.75, 3.05) is 6.61 Å². The SMILES string of the molecule is CC(C)CCOc1ccc(Cl)cc1. The predicted octanol–water partition coefficient (Wildman–Crippen LogP) is 3.76. The summed E-state index contributed by atoms with van der Waals surface area (Å²) in [6.45, 7) is 5.15. The molecule has 0 amide bonds. The molecule has 0 aliphatic heterocycles. The van der Waals surface area contributed by atoms with Crippen LogP contribution in [0, 0.1) is 5.92 Å². The highest BCUT2D eigenvalue weighted by Crippen LogP contribution is 2.15. The summed E-state index contributed by atoms with van der Waals surface area (Å²) in [5.41, 5.74) is 0. The quantitative estimate of drug-likeness (QED) is 0.716. The van der Waals surface area contributed by atoms with Gasteiger partial charge in [0.25, 0.3) is 0 Å². The maximum absolute atomic E-state index is 5.74. The fourth-order valence-electron chi connectivity index (χ4n) is 0.943. The Morgan fingerprint density at radius 3 is 2.38 bits per heavy atom. The van der Waals surface area contributed by atoms with E-state index in [-0.39, 0.29) is 0 Å². The average molecular weight is 199 g/mol. The number of benzene rings is 1. The zero-order valence-corrected chi connectivity index (χ0v) is 8.84. The predicted molar refractivity (Wildman–Crippen MR) is 56.4 cm³/mol. The molecule has 0 fully saturated rings. The summed E-state index contributed by atoms with van der Waals surface area (Å²) in [6.07, 6.45) is 1.09. The number of hydrogen-bond donors (Lipinski definition) is 0. The fraction of sp³-hybridized carbons (Fsp3) is 0.455. The molecule has 0 spiro atoms. The van der Waals surface area contributed by atoms with Crippen LogP contribution in [-0.2, 0) is 0 Å². The zero-order chi connectivity index (χ0) is 9.68. The Balaban J connectivity index is 2.33. The molecule has 0 atom stereocenters. The van der Waals surface area contributed by atoms with Crippen LogP contribution < -0.4 is 4.74 Å². The molecule has 0 unspecified atom stereocenters. The van der Waals surface area contributed by atoms with Crippen LogP contribution in [0.4, 0.5) is 0 Å². The van der Waals surface area contributed by atoms with Crippen LogP contribution in [0.25, 0.3) is 0 Å². The van der Waals surface area contributed by atoms with Gasteiger partial charge in [0.05, 0.1) is 6.61 Å². The third-order valence-electron chi connectivity index (χ3n) is 1.78. The number of hydrogen-bond acceptors (Lipinski definition) is 1. The van der Waals surface area contributed by atoms with Gasteiger partial charge in [0.2, 0.25) is 0 Å². The van der Waals surface area contributed by atoms with Gasteiger partial charge < -0.3 is 4.74 Å². The second-order valence-electron chi connectivity index (χ2n) is 3.48.